The van der Waals surface area contributed by atoms with Crippen LogP contribution in [-0.4, -0.2) is 45.1 Å². The Hall–Kier alpha value is 3.63. The summed E-state index contributed by atoms with van der Waals surface area (Å²) in [5, 5.41) is 25.2. The molecule has 0 bridgehead atoms. The van der Waals surface area contributed by atoms with Gasteiger partial charge >= 0.3 is 110 Å². The zero-order valence-corrected chi connectivity index (χ0v) is 10.8. The molecule has 0 saturated carbocycles. The Morgan fingerprint density at radius 3 is 1.00 bits per heavy atom. The molecule has 0 aromatic rings. The van der Waals surface area contributed by atoms with Crippen LogP contribution in [0.5, 0.6) is 0 Å². The maximum Gasteiger partial charge on any atom is 3.00 e. The number of hydrogen-bond donors (Lipinski definition) is 0. The van der Waals surface area contributed by atoms with E-state index in [1.54, 1.807) is 0 Å². The molecule has 29 valence electrons. The summed E-state index contributed by atoms with van der Waals surface area (Å²) < 4.78 is 0. The maximum absolute atomic E-state index is 8.42. The van der Waals surface area contributed by atoms with E-state index in [-0.39, 0.29) is 110 Å². The zero-order valence-electron chi connectivity index (χ0n) is 3.44. The Kier molecular flexibility index (Phi) is 52.3. The predicted octanol–water partition coefficient (Wildman–Crippen LogP) is -4.33. The Morgan fingerprint density at radius 2 is 1.00 bits per heavy atom. The van der Waals surface area contributed by atoms with Crippen LogP contribution in [0.4, 0.5) is 0 Å². The molecule has 0 aliphatic rings. The second-order valence-electron chi connectivity index (χ2n) is 0.289. The maximum atomic E-state index is 8.42. The smallest absolute Gasteiger partial charge is 0.907 e. The third kappa shape index (κ3) is 42.5. The molecule has 0 rings (SSSR count). The van der Waals surface area contributed by atoms with Gasteiger partial charge in [-0.15, -0.1) is 0 Å². The Balaban J connectivity index is -0.0000000150. The molecule has 1 radical (unpaired) electrons. The topological polar surface area (TPSA) is 69.2 Å². The van der Waals surface area contributed by atoms with E-state index in [0.717, 1.165) is 0 Å². The van der Waals surface area contributed by atoms with Crippen LogP contribution in [0.15, 0.2) is 0 Å². The summed E-state index contributed by atoms with van der Waals surface area (Å²) in [7, 11) is -2.92. The van der Waals surface area contributed by atoms with Gasteiger partial charge in [-0.1, -0.05) is 0 Å². The summed E-state index contributed by atoms with van der Waals surface area (Å²) >= 11 is 0. The molecular formula is BCaGdO3Y+5. The third-order valence-corrected chi connectivity index (χ3v) is 0. The van der Waals surface area contributed by atoms with E-state index in [4.69, 9.17) is 15.1 Å². The average Bonchev–Trinajstić information content (AvgIpc) is 0.811. The third-order valence-electron chi connectivity index (χ3n) is 0. The zero-order chi connectivity index (χ0) is 3.58. The molecule has 7 heteroatoms. The van der Waals surface area contributed by atoms with E-state index in [9.17, 15) is 0 Å². The Labute approximate surface area is 129 Å². The van der Waals surface area contributed by atoms with Gasteiger partial charge in [0, 0.05) is 0 Å². The summed E-state index contributed by atoms with van der Waals surface area (Å²) in [6.45, 7) is 0. The van der Waals surface area contributed by atoms with Crippen molar-refractivity contribution in [3.63, 3.8) is 0 Å². The van der Waals surface area contributed by atoms with Gasteiger partial charge in [0.05, 0.1) is 0 Å². The van der Waals surface area contributed by atoms with Gasteiger partial charge in [-0.05, 0) is 0 Å². The van der Waals surface area contributed by atoms with Crippen molar-refractivity contribution in [2.45, 2.75) is 0 Å². The van der Waals surface area contributed by atoms with E-state index in [1.165, 1.54) is 0 Å². The van der Waals surface area contributed by atoms with Crippen LogP contribution in [0.2, 0.25) is 0 Å². The fourth-order valence-corrected chi connectivity index (χ4v) is 0. The van der Waals surface area contributed by atoms with Gasteiger partial charge in [0.1, 0.15) is 0 Å². The van der Waals surface area contributed by atoms with E-state index < -0.39 is 7.32 Å². The van der Waals surface area contributed by atoms with E-state index in [2.05, 4.69) is 0 Å². The van der Waals surface area contributed by atoms with Crippen LogP contribution in [0, 0.1) is 39.9 Å². The molecule has 0 aromatic carbocycles. The van der Waals surface area contributed by atoms with Crippen LogP contribution in [0.25, 0.3) is 0 Å². The van der Waals surface area contributed by atoms with Gasteiger partial charge in [-0.3, -0.25) is 7.32 Å². The van der Waals surface area contributed by atoms with Crippen LogP contribution >= 0.6 is 0 Å². The van der Waals surface area contributed by atoms with Gasteiger partial charge in [0.15, 0.2) is 0 Å². The fourth-order valence-electron chi connectivity index (χ4n) is 0. The molecule has 0 amide bonds. The molecule has 7 heavy (non-hydrogen) atoms. The first kappa shape index (κ1) is 22.4. The monoisotopic (exact) mass is 346 g/mol. The number of hydrogen-bond acceptors (Lipinski definition) is 3. The second kappa shape index (κ2) is 16.3. The van der Waals surface area contributed by atoms with E-state index in [0.29, 0.717) is 0 Å². The standard InChI is InChI=1S/BO3.Ca.Gd.Y/c2-1(3)4;;;/q-3;+2;2*+3. The molecule has 0 atom stereocenters. The molecule has 0 fully saturated rings. The summed E-state index contributed by atoms with van der Waals surface area (Å²) in [5.74, 6) is 0. The molecule has 0 saturated heterocycles. The van der Waals surface area contributed by atoms with E-state index in [1.807, 2.05) is 0 Å². The minimum absolute atomic E-state index is 0. The molecule has 0 spiro atoms. The molecule has 0 N–H and O–H groups in total. The first-order valence-corrected chi connectivity index (χ1v) is 0.707. The van der Waals surface area contributed by atoms with Crippen LogP contribution in [0.3, 0.4) is 0 Å². The van der Waals surface area contributed by atoms with Gasteiger partial charge in [0.2, 0.25) is 0 Å². The Morgan fingerprint density at radius 1 is 1.00 bits per heavy atom. The largest absolute Gasteiger partial charge is 3.00 e. The van der Waals surface area contributed by atoms with E-state index >= 15 is 0 Å². The number of rotatable bonds is 0. The van der Waals surface area contributed by atoms with Crippen LogP contribution in [0.1, 0.15) is 0 Å². The van der Waals surface area contributed by atoms with Crippen molar-refractivity contribution in [1.82, 2.24) is 0 Å². The van der Waals surface area contributed by atoms with Crippen LogP contribution in [-0.2, 0) is 32.7 Å². The summed E-state index contributed by atoms with van der Waals surface area (Å²) in [6.07, 6.45) is 0. The normalized spacial score (nSPS) is 3.86. The molecule has 0 unspecified atom stereocenters. The fraction of sp³-hybridized carbons (Fsp3) is 0. The quantitative estimate of drug-likeness (QED) is 0.417. The average molecular weight is 345 g/mol. The summed E-state index contributed by atoms with van der Waals surface area (Å²) in [6, 6.07) is 0. The Bertz CT molecular complexity index is 19.7. The van der Waals surface area contributed by atoms with Crippen molar-refractivity contribution in [3.8, 4) is 0 Å². The minimum atomic E-state index is -2.92. The summed E-state index contributed by atoms with van der Waals surface area (Å²) in [5.41, 5.74) is 0. The predicted molar refractivity (Wildman–Crippen MR) is 11.5 cm³/mol. The van der Waals surface area contributed by atoms with Crippen molar-refractivity contribution < 1.29 is 87.7 Å². The van der Waals surface area contributed by atoms with Crippen molar-refractivity contribution in [2.75, 3.05) is 0 Å². The van der Waals surface area contributed by atoms with Crippen molar-refractivity contribution in [2.24, 2.45) is 0 Å². The first-order valence-electron chi connectivity index (χ1n) is 0.707. The van der Waals surface area contributed by atoms with Gasteiger partial charge < -0.3 is 15.1 Å². The summed E-state index contributed by atoms with van der Waals surface area (Å²) in [4.78, 5) is 0. The van der Waals surface area contributed by atoms with Gasteiger partial charge in [0.25, 0.3) is 0 Å². The van der Waals surface area contributed by atoms with Gasteiger partial charge in [-0.2, -0.15) is 0 Å². The van der Waals surface area contributed by atoms with Gasteiger partial charge in [-0.25, -0.2) is 0 Å². The van der Waals surface area contributed by atoms with Crippen molar-refractivity contribution in [1.29, 1.82) is 0 Å². The molecule has 0 heterocycles. The van der Waals surface area contributed by atoms with Crippen molar-refractivity contribution in [3.05, 3.63) is 0 Å². The first-order chi connectivity index (χ1) is 1.73. The SMILES string of the molecule is [Ca+2].[Gd+3].[O-]B([O-])[O-].[Y+3]. The molecular weight excluding hydrogens is 345 g/mol. The molecule has 0 aromatic heterocycles. The molecule has 0 aliphatic heterocycles. The molecule has 3 nitrogen and oxygen atoms in total. The second-order valence-corrected chi connectivity index (χ2v) is 0.289. The van der Waals surface area contributed by atoms with Crippen molar-refractivity contribution >= 4 is 45.1 Å². The van der Waals surface area contributed by atoms with Crippen LogP contribution < -0.4 is 15.1 Å². The minimum Gasteiger partial charge on any atom is -0.907 e. The molecule has 0 aliphatic carbocycles.